The molecule has 0 saturated carbocycles. The third kappa shape index (κ3) is 3.64. The fraction of sp³-hybridized carbons (Fsp3) is 0.500. The van der Waals surface area contributed by atoms with Gasteiger partial charge in [-0.2, -0.15) is 5.10 Å². The zero-order valence-corrected chi connectivity index (χ0v) is 13.3. The largest absolute Gasteiger partial charge is 0.384 e. The molecule has 0 aliphatic carbocycles. The second-order valence-corrected chi connectivity index (χ2v) is 4.89. The third-order valence-corrected chi connectivity index (χ3v) is 3.23. The minimum absolute atomic E-state index is 0.359. The van der Waals surface area contributed by atoms with Crippen LogP contribution in [0, 0.1) is 6.92 Å². The van der Waals surface area contributed by atoms with E-state index < -0.39 is 0 Å². The van der Waals surface area contributed by atoms with E-state index in [1.54, 1.807) is 25.8 Å². The van der Waals surface area contributed by atoms with Gasteiger partial charge in [-0.05, 0) is 6.92 Å². The first-order valence-corrected chi connectivity index (χ1v) is 7.10. The predicted octanol–water partition coefficient (Wildman–Crippen LogP) is 2.11. The Balaban J connectivity index is 2.03. The number of nitrogens with one attached hydrogen (secondary N) is 2. The first-order chi connectivity index (χ1) is 10.5. The molecular weight excluding hydrogens is 286 g/mol. The fourth-order valence-corrected chi connectivity index (χ4v) is 2.05. The summed E-state index contributed by atoms with van der Waals surface area (Å²) in [6.07, 6.45) is 1.35. The quantitative estimate of drug-likeness (QED) is 0.852. The van der Waals surface area contributed by atoms with Crippen LogP contribution in [0.15, 0.2) is 10.6 Å². The number of ether oxygens (including phenoxy) is 1. The van der Waals surface area contributed by atoms with Gasteiger partial charge in [0.2, 0.25) is 0 Å². The van der Waals surface area contributed by atoms with Gasteiger partial charge in [0.05, 0.1) is 12.3 Å². The third-order valence-electron chi connectivity index (χ3n) is 3.23. The molecule has 0 aliphatic heterocycles. The van der Waals surface area contributed by atoms with E-state index in [-0.39, 0.29) is 6.03 Å². The number of methoxy groups -OCH3 is 1. The molecule has 120 valence electrons. The lowest BCUT2D eigenvalue weighted by atomic mass is 10.2. The van der Waals surface area contributed by atoms with E-state index in [0.717, 1.165) is 5.69 Å². The van der Waals surface area contributed by atoms with Gasteiger partial charge >= 0.3 is 6.03 Å². The topological polar surface area (TPSA) is 94.2 Å². The van der Waals surface area contributed by atoms with E-state index in [1.165, 1.54) is 0 Å². The van der Waals surface area contributed by atoms with Gasteiger partial charge in [0.25, 0.3) is 0 Å². The van der Waals surface area contributed by atoms with Crippen molar-refractivity contribution in [3.05, 3.63) is 23.2 Å². The van der Waals surface area contributed by atoms with Gasteiger partial charge in [-0.25, -0.2) is 4.79 Å². The Hall–Kier alpha value is -2.35. The van der Waals surface area contributed by atoms with Crippen molar-refractivity contribution in [2.75, 3.05) is 24.4 Å². The molecule has 0 saturated heterocycles. The summed E-state index contributed by atoms with van der Waals surface area (Å²) < 4.78 is 11.8. The van der Waals surface area contributed by atoms with E-state index in [4.69, 9.17) is 9.26 Å². The average Bonchev–Trinajstić information content (AvgIpc) is 3.01. The number of carbonyl (C=O) groups excluding carboxylic acids is 1. The van der Waals surface area contributed by atoms with Crippen molar-refractivity contribution >= 4 is 17.5 Å². The predicted molar refractivity (Wildman–Crippen MR) is 82.0 cm³/mol. The van der Waals surface area contributed by atoms with Gasteiger partial charge < -0.3 is 14.6 Å². The molecule has 2 aromatic rings. The van der Waals surface area contributed by atoms with Crippen LogP contribution >= 0.6 is 0 Å². The SMILES string of the molecule is CCc1onc(C)c1NC(=O)Nc1cc(CCOC)nn1C. The number of carbonyl (C=O) groups is 1. The summed E-state index contributed by atoms with van der Waals surface area (Å²) in [4.78, 5) is 12.1. The lowest BCUT2D eigenvalue weighted by Gasteiger charge is -2.07. The van der Waals surface area contributed by atoms with Crippen molar-refractivity contribution in [1.29, 1.82) is 0 Å². The second-order valence-electron chi connectivity index (χ2n) is 4.89. The number of aryl methyl sites for hydroxylation is 3. The van der Waals surface area contributed by atoms with Gasteiger partial charge in [-0.15, -0.1) is 0 Å². The van der Waals surface area contributed by atoms with Crippen molar-refractivity contribution < 1.29 is 14.1 Å². The molecule has 0 radical (unpaired) electrons. The lowest BCUT2D eigenvalue weighted by molar-refractivity contribution is 0.201. The van der Waals surface area contributed by atoms with Crippen LogP contribution in [0.2, 0.25) is 0 Å². The molecule has 0 unspecified atom stereocenters. The summed E-state index contributed by atoms with van der Waals surface area (Å²) >= 11 is 0. The van der Waals surface area contributed by atoms with E-state index in [0.29, 0.717) is 42.4 Å². The zero-order valence-electron chi connectivity index (χ0n) is 13.3. The standard InChI is InChI=1S/C14H21N5O3/c1-5-11-13(9(2)18-22-11)16-14(20)15-12-8-10(6-7-21-4)17-19(12)3/h8H,5-7H2,1-4H3,(H2,15,16,20). The lowest BCUT2D eigenvalue weighted by Crippen LogP contribution is -2.21. The minimum atomic E-state index is -0.359. The summed E-state index contributed by atoms with van der Waals surface area (Å²) in [5.41, 5.74) is 2.12. The Morgan fingerprint density at radius 3 is 2.91 bits per heavy atom. The van der Waals surface area contributed by atoms with Gasteiger partial charge in [0.15, 0.2) is 5.76 Å². The number of hydrogen-bond donors (Lipinski definition) is 2. The summed E-state index contributed by atoms with van der Waals surface area (Å²) in [6, 6.07) is 1.46. The van der Waals surface area contributed by atoms with Crippen LogP contribution in [-0.4, -0.2) is 34.7 Å². The molecule has 2 rings (SSSR count). The number of nitrogens with zero attached hydrogens (tertiary/aromatic N) is 3. The van der Waals surface area contributed by atoms with Crippen molar-refractivity contribution in [3.8, 4) is 0 Å². The summed E-state index contributed by atoms with van der Waals surface area (Å²) in [5, 5.41) is 13.7. The van der Waals surface area contributed by atoms with E-state index >= 15 is 0 Å². The van der Waals surface area contributed by atoms with Crippen molar-refractivity contribution in [2.45, 2.75) is 26.7 Å². The Kier molecular flexibility index (Phi) is 5.16. The van der Waals surface area contributed by atoms with Crippen LogP contribution in [0.3, 0.4) is 0 Å². The average molecular weight is 307 g/mol. The molecule has 2 N–H and O–H groups in total. The molecule has 2 heterocycles. The monoisotopic (exact) mass is 307 g/mol. The molecule has 0 spiro atoms. The molecule has 2 aromatic heterocycles. The van der Waals surface area contributed by atoms with Gasteiger partial charge in [0, 0.05) is 33.1 Å². The minimum Gasteiger partial charge on any atom is -0.384 e. The number of urea groups is 1. The van der Waals surface area contributed by atoms with Crippen molar-refractivity contribution in [3.63, 3.8) is 0 Å². The Labute approximate surface area is 128 Å². The van der Waals surface area contributed by atoms with Crippen LogP contribution in [-0.2, 0) is 24.6 Å². The zero-order chi connectivity index (χ0) is 16.1. The molecule has 0 fully saturated rings. The van der Waals surface area contributed by atoms with Gasteiger partial charge in [-0.3, -0.25) is 10.00 Å². The molecule has 8 nitrogen and oxygen atoms in total. The van der Waals surface area contributed by atoms with Crippen molar-refractivity contribution in [2.24, 2.45) is 7.05 Å². The highest BCUT2D eigenvalue weighted by atomic mass is 16.5. The molecule has 0 aromatic carbocycles. The van der Waals surface area contributed by atoms with Crippen LogP contribution < -0.4 is 10.6 Å². The fourth-order valence-electron chi connectivity index (χ4n) is 2.05. The normalized spacial score (nSPS) is 10.7. The highest BCUT2D eigenvalue weighted by molar-refractivity contribution is 5.99. The molecular formula is C14H21N5O3. The van der Waals surface area contributed by atoms with E-state index in [1.807, 2.05) is 13.0 Å². The molecule has 0 atom stereocenters. The molecule has 2 amide bonds. The van der Waals surface area contributed by atoms with Gasteiger partial charge in [0.1, 0.15) is 17.2 Å². The number of hydrogen-bond acceptors (Lipinski definition) is 5. The van der Waals surface area contributed by atoms with Crippen LogP contribution in [0.1, 0.15) is 24.1 Å². The highest BCUT2D eigenvalue weighted by Crippen LogP contribution is 2.20. The maximum atomic E-state index is 12.1. The smallest absolute Gasteiger partial charge is 0.324 e. The number of aromatic nitrogens is 3. The molecule has 0 bridgehead atoms. The Bertz CT molecular complexity index is 647. The van der Waals surface area contributed by atoms with E-state index in [9.17, 15) is 4.79 Å². The second kappa shape index (κ2) is 7.08. The van der Waals surface area contributed by atoms with E-state index in [2.05, 4.69) is 20.9 Å². The molecule has 0 aliphatic rings. The maximum absolute atomic E-state index is 12.1. The molecule has 22 heavy (non-hydrogen) atoms. The number of amides is 2. The first kappa shape index (κ1) is 16.0. The maximum Gasteiger partial charge on any atom is 0.324 e. The number of anilines is 2. The highest BCUT2D eigenvalue weighted by Gasteiger charge is 2.15. The van der Waals surface area contributed by atoms with Crippen LogP contribution in [0.5, 0.6) is 0 Å². The molecule has 8 heteroatoms. The van der Waals surface area contributed by atoms with Crippen molar-refractivity contribution in [1.82, 2.24) is 14.9 Å². The summed E-state index contributed by atoms with van der Waals surface area (Å²) in [5.74, 6) is 1.26. The van der Waals surface area contributed by atoms with Crippen LogP contribution in [0.25, 0.3) is 0 Å². The Morgan fingerprint density at radius 1 is 1.45 bits per heavy atom. The number of rotatable bonds is 6. The van der Waals surface area contributed by atoms with Gasteiger partial charge in [-0.1, -0.05) is 12.1 Å². The first-order valence-electron chi connectivity index (χ1n) is 7.10. The van der Waals surface area contributed by atoms with Crippen LogP contribution in [0.4, 0.5) is 16.3 Å². The summed E-state index contributed by atoms with van der Waals surface area (Å²) in [6.45, 7) is 4.31. The summed E-state index contributed by atoms with van der Waals surface area (Å²) in [7, 11) is 3.41. The Morgan fingerprint density at radius 2 is 2.23 bits per heavy atom.